The summed E-state index contributed by atoms with van der Waals surface area (Å²) in [4.78, 5) is 29.9. The van der Waals surface area contributed by atoms with Crippen molar-refractivity contribution in [2.24, 2.45) is 0 Å². The molecule has 0 unspecified atom stereocenters. The molecule has 0 saturated carbocycles. The molecule has 0 fully saturated rings. The lowest BCUT2D eigenvalue weighted by Gasteiger charge is -2.01. The zero-order valence-corrected chi connectivity index (χ0v) is 10.8. The molecular weight excluding hydrogens is 256 g/mol. The van der Waals surface area contributed by atoms with Gasteiger partial charge in [0.05, 0.1) is 5.01 Å². The number of carbonyl (C=O) groups excluding carboxylic acids is 1. The minimum Gasteiger partial charge on any atom is -0.350 e. The van der Waals surface area contributed by atoms with E-state index in [4.69, 9.17) is 0 Å². The van der Waals surface area contributed by atoms with Crippen molar-refractivity contribution in [3.05, 3.63) is 32.0 Å². The molecule has 0 bridgehead atoms. The van der Waals surface area contributed by atoms with Crippen LogP contribution in [0, 0.1) is 13.8 Å². The predicted octanol–water partition coefficient (Wildman–Crippen LogP) is 0.409. The van der Waals surface area contributed by atoms with Crippen LogP contribution < -0.4 is 11.1 Å². The second-order valence-electron chi connectivity index (χ2n) is 3.69. The zero-order chi connectivity index (χ0) is 13.1. The summed E-state index contributed by atoms with van der Waals surface area (Å²) in [6.45, 7) is 4.07. The Labute approximate surface area is 106 Å². The van der Waals surface area contributed by atoms with E-state index in [-0.39, 0.29) is 5.91 Å². The quantitative estimate of drug-likeness (QED) is 0.836. The van der Waals surface area contributed by atoms with E-state index in [0.29, 0.717) is 24.5 Å². The number of aromatic amines is 1. The fourth-order valence-corrected chi connectivity index (χ4v) is 2.30. The molecule has 18 heavy (non-hydrogen) atoms. The van der Waals surface area contributed by atoms with Gasteiger partial charge in [0.15, 0.2) is 5.82 Å². The number of nitrogens with one attached hydrogen (secondary N) is 2. The van der Waals surface area contributed by atoms with Crippen LogP contribution in [0.15, 0.2) is 9.32 Å². The number of carbonyl (C=O) groups is 1. The number of aromatic nitrogens is 3. The van der Waals surface area contributed by atoms with Gasteiger partial charge in [0.25, 0.3) is 5.91 Å². The van der Waals surface area contributed by atoms with Crippen molar-refractivity contribution in [2.45, 2.75) is 20.3 Å². The van der Waals surface area contributed by atoms with E-state index >= 15 is 0 Å². The van der Waals surface area contributed by atoms with E-state index in [1.54, 1.807) is 0 Å². The maximum atomic E-state index is 11.8. The molecule has 0 aliphatic heterocycles. The molecule has 2 rings (SSSR count). The molecule has 0 saturated heterocycles. The van der Waals surface area contributed by atoms with Crippen molar-refractivity contribution in [2.75, 3.05) is 6.54 Å². The molecule has 2 N–H and O–H groups in total. The smallest absolute Gasteiger partial charge is 0.350 e. The Balaban J connectivity index is 1.89. The lowest BCUT2D eigenvalue weighted by atomic mass is 10.3. The summed E-state index contributed by atoms with van der Waals surface area (Å²) in [6, 6.07) is 0. The number of aryl methyl sites for hydroxylation is 2. The summed E-state index contributed by atoms with van der Waals surface area (Å²) in [6.07, 6.45) is 0.402. The van der Waals surface area contributed by atoms with Gasteiger partial charge in [-0.2, -0.15) is 0 Å². The molecule has 0 aromatic carbocycles. The van der Waals surface area contributed by atoms with E-state index in [2.05, 4.69) is 25.0 Å². The first-order valence-electron chi connectivity index (χ1n) is 5.33. The van der Waals surface area contributed by atoms with Crippen LogP contribution in [0.25, 0.3) is 0 Å². The van der Waals surface area contributed by atoms with Crippen LogP contribution in [0.4, 0.5) is 0 Å². The Morgan fingerprint density at radius 1 is 1.50 bits per heavy atom. The molecule has 0 aliphatic carbocycles. The van der Waals surface area contributed by atoms with Crippen molar-refractivity contribution in [1.82, 2.24) is 20.4 Å². The van der Waals surface area contributed by atoms with Crippen LogP contribution in [0.1, 0.15) is 26.2 Å². The molecule has 0 aliphatic rings. The van der Waals surface area contributed by atoms with Crippen LogP contribution in [0.2, 0.25) is 0 Å². The highest BCUT2D eigenvalue weighted by atomic mass is 32.1. The van der Waals surface area contributed by atoms with Crippen LogP contribution in [0.3, 0.4) is 0 Å². The van der Waals surface area contributed by atoms with E-state index in [1.807, 2.05) is 13.8 Å². The standard InChI is InChI=1S/C10H12N4O3S/c1-5-8(12-6(2)18-5)9(15)11-4-3-7-13-10(16)17-14-7/h3-4H2,1-2H3,(H,11,15)(H,13,14,16). The minimum absolute atomic E-state index is 0.220. The van der Waals surface area contributed by atoms with Crippen LogP contribution in [-0.2, 0) is 6.42 Å². The molecule has 2 aromatic rings. The van der Waals surface area contributed by atoms with Gasteiger partial charge >= 0.3 is 5.76 Å². The Bertz CT molecular complexity index is 613. The molecule has 96 valence electrons. The second-order valence-corrected chi connectivity index (χ2v) is 5.09. The SMILES string of the molecule is Cc1nc(C(=O)NCCc2noc(=O)[nH]2)c(C)s1. The summed E-state index contributed by atoms with van der Waals surface area (Å²) in [5, 5.41) is 7.07. The van der Waals surface area contributed by atoms with Crippen LogP contribution in [-0.4, -0.2) is 27.6 Å². The first-order chi connectivity index (χ1) is 8.56. The fourth-order valence-electron chi connectivity index (χ4n) is 1.49. The number of nitrogens with zero attached hydrogens (tertiary/aromatic N) is 2. The zero-order valence-electron chi connectivity index (χ0n) is 9.94. The highest BCUT2D eigenvalue weighted by molar-refractivity contribution is 7.11. The monoisotopic (exact) mass is 268 g/mol. The maximum absolute atomic E-state index is 11.8. The number of thiazole rings is 1. The maximum Gasteiger partial charge on any atom is 0.438 e. The number of amides is 1. The van der Waals surface area contributed by atoms with Crippen molar-refractivity contribution in [3.8, 4) is 0 Å². The summed E-state index contributed by atoms with van der Waals surface area (Å²) in [5.74, 6) is -0.406. The third-order valence-electron chi connectivity index (χ3n) is 2.25. The van der Waals surface area contributed by atoms with Gasteiger partial charge in [-0.3, -0.25) is 14.3 Å². The number of H-pyrrole nitrogens is 1. The molecule has 1 amide bonds. The third kappa shape index (κ3) is 2.83. The molecule has 2 aromatic heterocycles. The van der Waals surface area contributed by atoms with Crippen LogP contribution >= 0.6 is 11.3 Å². The van der Waals surface area contributed by atoms with Gasteiger partial charge < -0.3 is 5.32 Å². The number of hydrogen-bond acceptors (Lipinski definition) is 6. The second kappa shape index (κ2) is 5.13. The number of rotatable bonds is 4. The first kappa shape index (κ1) is 12.5. The van der Waals surface area contributed by atoms with E-state index in [0.717, 1.165) is 9.88 Å². The summed E-state index contributed by atoms with van der Waals surface area (Å²) in [7, 11) is 0. The minimum atomic E-state index is -0.595. The van der Waals surface area contributed by atoms with Gasteiger partial charge in [0.1, 0.15) is 5.69 Å². The van der Waals surface area contributed by atoms with Gasteiger partial charge in [-0.05, 0) is 13.8 Å². The molecule has 0 radical (unpaired) electrons. The Morgan fingerprint density at radius 2 is 2.28 bits per heavy atom. The Morgan fingerprint density at radius 3 is 2.83 bits per heavy atom. The van der Waals surface area contributed by atoms with E-state index < -0.39 is 5.76 Å². The number of hydrogen-bond donors (Lipinski definition) is 2. The highest BCUT2D eigenvalue weighted by Crippen LogP contribution is 2.15. The topological polar surface area (TPSA) is 101 Å². The summed E-state index contributed by atoms with van der Waals surface area (Å²) in [5.41, 5.74) is 0.450. The predicted molar refractivity (Wildman–Crippen MR) is 64.7 cm³/mol. The van der Waals surface area contributed by atoms with Gasteiger partial charge in [-0.1, -0.05) is 5.16 Å². The molecule has 0 atom stereocenters. The third-order valence-corrected chi connectivity index (χ3v) is 3.14. The van der Waals surface area contributed by atoms with Crippen LogP contribution in [0.5, 0.6) is 0 Å². The molecular formula is C10H12N4O3S. The fraction of sp³-hybridized carbons (Fsp3) is 0.400. The Kier molecular flexibility index (Phi) is 3.56. The van der Waals surface area contributed by atoms with Crippen molar-refractivity contribution < 1.29 is 9.32 Å². The lowest BCUT2D eigenvalue weighted by Crippen LogP contribution is -2.26. The van der Waals surface area contributed by atoms with Crippen molar-refractivity contribution in [3.63, 3.8) is 0 Å². The van der Waals surface area contributed by atoms with Gasteiger partial charge in [-0.25, -0.2) is 9.78 Å². The average Bonchev–Trinajstić information content (AvgIpc) is 2.85. The summed E-state index contributed by atoms with van der Waals surface area (Å²) >= 11 is 1.48. The van der Waals surface area contributed by atoms with E-state index in [9.17, 15) is 9.59 Å². The van der Waals surface area contributed by atoms with Gasteiger partial charge in [0.2, 0.25) is 0 Å². The largest absolute Gasteiger partial charge is 0.438 e. The molecule has 2 heterocycles. The van der Waals surface area contributed by atoms with Crippen molar-refractivity contribution in [1.29, 1.82) is 0 Å². The average molecular weight is 268 g/mol. The van der Waals surface area contributed by atoms with Gasteiger partial charge in [0, 0.05) is 17.8 Å². The summed E-state index contributed by atoms with van der Waals surface area (Å²) < 4.78 is 4.34. The molecule has 0 spiro atoms. The first-order valence-corrected chi connectivity index (χ1v) is 6.15. The van der Waals surface area contributed by atoms with E-state index in [1.165, 1.54) is 11.3 Å². The van der Waals surface area contributed by atoms with Gasteiger partial charge in [-0.15, -0.1) is 11.3 Å². The molecule has 8 heteroatoms. The normalized spacial score (nSPS) is 10.6. The lowest BCUT2D eigenvalue weighted by molar-refractivity contribution is 0.0949. The molecule has 7 nitrogen and oxygen atoms in total. The van der Waals surface area contributed by atoms with Crippen molar-refractivity contribution >= 4 is 17.2 Å². The Hall–Kier alpha value is -1.96. The highest BCUT2D eigenvalue weighted by Gasteiger charge is 2.13.